The van der Waals surface area contributed by atoms with Gasteiger partial charge in [-0.15, -0.1) is 11.3 Å². The normalized spacial score (nSPS) is 19.5. The van der Waals surface area contributed by atoms with E-state index in [1.807, 2.05) is 23.1 Å². The van der Waals surface area contributed by atoms with E-state index in [2.05, 4.69) is 25.8 Å². The van der Waals surface area contributed by atoms with Gasteiger partial charge in [0.15, 0.2) is 0 Å². The molecule has 0 N–H and O–H groups in total. The first-order valence-corrected chi connectivity index (χ1v) is 12.7. The number of amides is 1. The Kier molecular flexibility index (Phi) is 6.24. The topological polar surface area (TPSA) is 73.8 Å². The molecule has 156 valence electrons. The lowest BCUT2D eigenvalue weighted by Crippen LogP contribution is -2.52. The summed E-state index contributed by atoms with van der Waals surface area (Å²) in [4.78, 5) is 21.4. The highest BCUT2D eigenvalue weighted by molar-refractivity contribution is 9.11. The third-order valence-electron chi connectivity index (χ3n) is 5.51. The van der Waals surface area contributed by atoms with Crippen LogP contribution in [0.2, 0.25) is 0 Å². The Bertz CT molecular complexity index is 951. The predicted octanol–water partition coefficient (Wildman–Crippen LogP) is 2.66. The number of pyridine rings is 1. The van der Waals surface area contributed by atoms with Gasteiger partial charge in [0.2, 0.25) is 5.91 Å². The predicted molar refractivity (Wildman–Crippen MR) is 117 cm³/mol. The number of aromatic nitrogens is 1. The SMILES string of the molecule is O=C(C1CCN(S(=O)(=O)c2ccc(Br)s2)CC1)N1CCN(c2ccccn2)CC1. The van der Waals surface area contributed by atoms with Crippen molar-refractivity contribution < 1.29 is 13.2 Å². The summed E-state index contributed by atoms with van der Waals surface area (Å²) in [7, 11) is -3.47. The molecular weight excluding hydrogens is 476 g/mol. The minimum atomic E-state index is -3.47. The molecule has 2 fully saturated rings. The molecule has 0 atom stereocenters. The van der Waals surface area contributed by atoms with E-state index in [0.29, 0.717) is 43.2 Å². The smallest absolute Gasteiger partial charge is 0.252 e. The average Bonchev–Trinajstić information content (AvgIpc) is 3.21. The quantitative estimate of drug-likeness (QED) is 0.647. The highest BCUT2D eigenvalue weighted by Crippen LogP contribution is 2.31. The third kappa shape index (κ3) is 4.50. The second-order valence-corrected chi connectivity index (χ2v) is 11.9. The maximum atomic E-state index is 12.9. The van der Waals surface area contributed by atoms with Crippen LogP contribution in [0.4, 0.5) is 5.82 Å². The molecule has 0 radical (unpaired) electrons. The van der Waals surface area contributed by atoms with Crippen LogP contribution < -0.4 is 4.90 Å². The first-order chi connectivity index (χ1) is 13.9. The molecule has 0 saturated carbocycles. The van der Waals surface area contributed by atoms with Crippen LogP contribution in [0.5, 0.6) is 0 Å². The summed E-state index contributed by atoms with van der Waals surface area (Å²) in [5.74, 6) is 0.998. The summed E-state index contributed by atoms with van der Waals surface area (Å²) in [5, 5.41) is 0. The summed E-state index contributed by atoms with van der Waals surface area (Å²) in [5.41, 5.74) is 0. The zero-order valence-corrected chi connectivity index (χ0v) is 19.1. The number of hydrogen-bond acceptors (Lipinski definition) is 6. The van der Waals surface area contributed by atoms with Crippen LogP contribution >= 0.6 is 27.3 Å². The van der Waals surface area contributed by atoms with Crippen LogP contribution in [0.15, 0.2) is 44.5 Å². The molecule has 2 aliphatic heterocycles. The zero-order valence-electron chi connectivity index (χ0n) is 15.9. The summed E-state index contributed by atoms with van der Waals surface area (Å²) in [6, 6.07) is 9.23. The maximum absolute atomic E-state index is 12.9. The minimum Gasteiger partial charge on any atom is -0.353 e. The third-order valence-corrected chi connectivity index (χ3v) is 9.50. The summed E-state index contributed by atoms with van der Waals surface area (Å²) >= 11 is 4.54. The fourth-order valence-electron chi connectivity index (χ4n) is 3.86. The molecule has 4 rings (SSSR count). The van der Waals surface area contributed by atoms with Gasteiger partial charge in [-0.2, -0.15) is 4.31 Å². The molecule has 7 nitrogen and oxygen atoms in total. The lowest BCUT2D eigenvalue weighted by Gasteiger charge is -2.38. The number of thiophene rings is 1. The number of carbonyl (C=O) groups excluding carboxylic acids is 1. The molecule has 0 aliphatic carbocycles. The van der Waals surface area contributed by atoms with E-state index in [-0.39, 0.29) is 11.8 Å². The highest BCUT2D eigenvalue weighted by atomic mass is 79.9. The molecule has 2 aromatic heterocycles. The Hall–Kier alpha value is -1.49. The molecule has 0 unspecified atom stereocenters. The Balaban J connectivity index is 1.31. The number of hydrogen-bond donors (Lipinski definition) is 0. The second kappa shape index (κ2) is 8.71. The first kappa shape index (κ1) is 20.8. The van der Waals surface area contributed by atoms with Crippen molar-refractivity contribution >= 4 is 49.0 Å². The molecule has 29 heavy (non-hydrogen) atoms. The number of anilines is 1. The molecule has 0 aromatic carbocycles. The van der Waals surface area contributed by atoms with E-state index in [1.54, 1.807) is 18.3 Å². The number of carbonyl (C=O) groups is 1. The average molecular weight is 499 g/mol. The van der Waals surface area contributed by atoms with Gasteiger partial charge in [-0.25, -0.2) is 13.4 Å². The van der Waals surface area contributed by atoms with Crippen molar-refractivity contribution in [3.8, 4) is 0 Å². The molecule has 0 spiro atoms. The number of halogens is 1. The zero-order chi connectivity index (χ0) is 20.4. The van der Waals surface area contributed by atoms with Gasteiger partial charge in [0.1, 0.15) is 10.0 Å². The fourth-order valence-corrected chi connectivity index (χ4v) is 7.50. The van der Waals surface area contributed by atoms with Crippen molar-refractivity contribution in [2.24, 2.45) is 5.92 Å². The molecule has 10 heteroatoms. The molecule has 2 saturated heterocycles. The van der Waals surface area contributed by atoms with Gasteiger partial charge in [-0.05, 0) is 53.0 Å². The first-order valence-electron chi connectivity index (χ1n) is 9.65. The van der Waals surface area contributed by atoms with Crippen molar-refractivity contribution in [3.05, 3.63) is 40.3 Å². The lowest BCUT2D eigenvalue weighted by molar-refractivity contribution is -0.137. The largest absolute Gasteiger partial charge is 0.353 e. The fraction of sp³-hybridized carbons (Fsp3) is 0.474. The van der Waals surface area contributed by atoms with Gasteiger partial charge >= 0.3 is 0 Å². The molecular formula is C19H23BrN4O3S2. The number of rotatable bonds is 4. The molecule has 2 aliphatic rings. The van der Waals surface area contributed by atoms with Crippen LogP contribution in [0.1, 0.15) is 12.8 Å². The van der Waals surface area contributed by atoms with Gasteiger partial charge in [-0.1, -0.05) is 6.07 Å². The number of nitrogens with zero attached hydrogens (tertiary/aromatic N) is 4. The lowest BCUT2D eigenvalue weighted by atomic mass is 9.96. The van der Waals surface area contributed by atoms with Crippen LogP contribution in [-0.4, -0.2) is 67.8 Å². The number of sulfonamides is 1. The van der Waals surface area contributed by atoms with Gasteiger partial charge in [-0.3, -0.25) is 4.79 Å². The van der Waals surface area contributed by atoms with E-state index >= 15 is 0 Å². The van der Waals surface area contributed by atoms with Crippen molar-refractivity contribution in [2.45, 2.75) is 17.1 Å². The Labute approximate surface area is 183 Å². The van der Waals surface area contributed by atoms with Crippen LogP contribution in [0, 0.1) is 5.92 Å². The summed E-state index contributed by atoms with van der Waals surface area (Å²) in [6.07, 6.45) is 2.93. The van der Waals surface area contributed by atoms with Crippen LogP contribution in [-0.2, 0) is 14.8 Å². The standard InChI is InChI=1S/C19H23BrN4O3S2/c20-16-4-5-18(28-16)29(26,27)24-9-6-15(7-10-24)19(25)23-13-11-22(12-14-23)17-3-1-2-8-21-17/h1-5,8,15H,6-7,9-14H2. The summed E-state index contributed by atoms with van der Waals surface area (Å²) in [6.45, 7) is 3.67. The minimum absolute atomic E-state index is 0.0991. The monoisotopic (exact) mass is 498 g/mol. The number of piperazine rings is 1. The molecule has 4 heterocycles. The van der Waals surface area contributed by atoms with Crippen molar-refractivity contribution in [1.82, 2.24) is 14.2 Å². The van der Waals surface area contributed by atoms with Crippen LogP contribution in [0.25, 0.3) is 0 Å². The second-order valence-electron chi connectivity index (χ2n) is 7.24. The Morgan fingerprint density at radius 3 is 2.34 bits per heavy atom. The number of piperidine rings is 1. The molecule has 2 aromatic rings. The molecule has 1 amide bonds. The van der Waals surface area contributed by atoms with Gasteiger partial charge in [0.25, 0.3) is 10.0 Å². The van der Waals surface area contributed by atoms with Gasteiger partial charge in [0, 0.05) is 51.4 Å². The Morgan fingerprint density at radius 2 is 1.76 bits per heavy atom. The summed E-state index contributed by atoms with van der Waals surface area (Å²) < 4.78 is 28.2. The van der Waals surface area contributed by atoms with E-state index in [4.69, 9.17) is 0 Å². The maximum Gasteiger partial charge on any atom is 0.252 e. The van der Waals surface area contributed by atoms with Gasteiger partial charge < -0.3 is 9.80 Å². The van der Waals surface area contributed by atoms with Crippen molar-refractivity contribution in [3.63, 3.8) is 0 Å². The molecule has 0 bridgehead atoms. The van der Waals surface area contributed by atoms with E-state index in [9.17, 15) is 13.2 Å². The van der Waals surface area contributed by atoms with Crippen LogP contribution in [0.3, 0.4) is 0 Å². The van der Waals surface area contributed by atoms with Crippen molar-refractivity contribution in [1.29, 1.82) is 0 Å². The van der Waals surface area contributed by atoms with Gasteiger partial charge in [0.05, 0.1) is 3.79 Å². The highest BCUT2D eigenvalue weighted by Gasteiger charge is 2.35. The van der Waals surface area contributed by atoms with E-state index < -0.39 is 10.0 Å². The Morgan fingerprint density at radius 1 is 1.03 bits per heavy atom. The van der Waals surface area contributed by atoms with E-state index in [0.717, 1.165) is 22.7 Å². The van der Waals surface area contributed by atoms with Crippen molar-refractivity contribution in [2.75, 3.05) is 44.2 Å². The van der Waals surface area contributed by atoms with E-state index in [1.165, 1.54) is 15.6 Å².